The SMILES string of the molecule is COc1ccc2[nH]nc(C(=O)OC3CN4CCC45CC[C@H]35)c2c1. The van der Waals surface area contributed by atoms with E-state index in [0.717, 1.165) is 24.0 Å². The molecule has 23 heavy (non-hydrogen) atoms. The van der Waals surface area contributed by atoms with Crippen LogP contribution in [0.5, 0.6) is 5.75 Å². The normalized spacial score (nSPS) is 31.9. The summed E-state index contributed by atoms with van der Waals surface area (Å²) in [5.41, 5.74) is 1.52. The van der Waals surface area contributed by atoms with Crippen LogP contribution in [0.4, 0.5) is 0 Å². The molecule has 2 unspecified atom stereocenters. The van der Waals surface area contributed by atoms with Crippen LogP contribution in [0, 0.1) is 5.92 Å². The molecule has 5 rings (SSSR count). The van der Waals surface area contributed by atoms with E-state index in [-0.39, 0.29) is 12.1 Å². The largest absolute Gasteiger partial charge is 0.497 e. The van der Waals surface area contributed by atoms with E-state index in [1.165, 1.54) is 19.3 Å². The second kappa shape index (κ2) is 4.47. The van der Waals surface area contributed by atoms with Gasteiger partial charge < -0.3 is 9.47 Å². The molecular weight excluding hydrogens is 294 g/mol. The zero-order valence-corrected chi connectivity index (χ0v) is 13.0. The first kappa shape index (κ1) is 13.4. The minimum Gasteiger partial charge on any atom is -0.497 e. The van der Waals surface area contributed by atoms with Gasteiger partial charge in [-0.15, -0.1) is 0 Å². The molecule has 6 heteroatoms. The first-order chi connectivity index (χ1) is 11.2. The average molecular weight is 313 g/mol. The summed E-state index contributed by atoms with van der Waals surface area (Å²) in [6, 6.07) is 5.53. The molecule has 1 aromatic heterocycles. The fraction of sp³-hybridized carbons (Fsp3) is 0.529. The van der Waals surface area contributed by atoms with Crippen molar-refractivity contribution in [1.82, 2.24) is 15.1 Å². The maximum atomic E-state index is 12.6. The summed E-state index contributed by atoms with van der Waals surface area (Å²) in [5.74, 6) is 0.884. The number of nitrogens with zero attached hydrogens (tertiary/aromatic N) is 2. The number of aromatic nitrogens is 2. The van der Waals surface area contributed by atoms with Gasteiger partial charge in [0.2, 0.25) is 0 Å². The molecule has 120 valence electrons. The number of aromatic amines is 1. The lowest BCUT2D eigenvalue weighted by atomic mass is 9.61. The number of nitrogens with one attached hydrogen (secondary N) is 1. The van der Waals surface area contributed by atoms with Crippen molar-refractivity contribution in [3.8, 4) is 5.75 Å². The molecule has 2 saturated heterocycles. The molecule has 6 nitrogen and oxygen atoms in total. The van der Waals surface area contributed by atoms with Crippen LogP contribution < -0.4 is 4.74 Å². The molecule has 0 bridgehead atoms. The predicted octanol–water partition coefficient (Wildman–Crippen LogP) is 1.97. The van der Waals surface area contributed by atoms with Crippen LogP contribution in [0.25, 0.3) is 10.9 Å². The molecule has 2 aromatic rings. The van der Waals surface area contributed by atoms with Crippen LogP contribution in [-0.4, -0.2) is 52.9 Å². The van der Waals surface area contributed by atoms with Gasteiger partial charge in [0.15, 0.2) is 5.69 Å². The molecule has 3 aliphatic rings. The standard InChI is InChI=1S/C17H19N3O3/c1-22-10-2-3-13-11(8-10)15(19-18-13)16(21)23-14-9-20-7-6-17(20)5-4-12(14)17/h2-3,8,12,14H,4-7,9H2,1H3,(H,18,19)/t12-,14?,17?/m1/s1. The number of rotatable bonds is 3. The third-order valence-electron chi connectivity index (χ3n) is 6.09. The molecule has 1 spiro atoms. The molecule has 3 heterocycles. The second-order valence-electron chi connectivity index (χ2n) is 6.87. The lowest BCUT2D eigenvalue weighted by Gasteiger charge is -2.57. The van der Waals surface area contributed by atoms with Gasteiger partial charge in [0, 0.05) is 29.9 Å². The Labute approximate surface area is 133 Å². The Morgan fingerprint density at radius 1 is 1.43 bits per heavy atom. The van der Waals surface area contributed by atoms with E-state index >= 15 is 0 Å². The van der Waals surface area contributed by atoms with Crippen LogP contribution in [0.15, 0.2) is 18.2 Å². The van der Waals surface area contributed by atoms with Crippen LogP contribution in [0.2, 0.25) is 0 Å². The topological polar surface area (TPSA) is 67.4 Å². The van der Waals surface area contributed by atoms with Gasteiger partial charge in [-0.05, 0) is 37.5 Å². The van der Waals surface area contributed by atoms with Gasteiger partial charge in [-0.3, -0.25) is 10.00 Å². The zero-order valence-electron chi connectivity index (χ0n) is 13.0. The summed E-state index contributed by atoms with van der Waals surface area (Å²) in [7, 11) is 1.61. The lowest BCUT2D eigenvalue weighted by Crippen LogP contribution is -2.63. The van der Waals surface area contributed by atoms with Gasteiger partial charge in [0.25, 0.3) is 0 Å². The highest BCUT2D eigenvalue weighted by molar-refractivity contribution is 6.02. The van der Waals surface area contributed by atoms with Crippen molar-refractivity contribution < 1.29 is 14.3 Å². The van der Waals surface area contributed by atoms with E-state index in [4.69, 9.17) is 9.47 Å². The Morgan fingerprint density at radius 2 is 2.35 bits per heavy atom. The third kappa shape index (κ3) is 1.67. The number of benzene rings is 1. The van der Waals surface area contributed by atoms with Gasteiger partial charge in [-0.1, -0.05) is 0 Å². The Hall–Kier alpha value is -2.08. The number of hydrogen-bond acceptors (Lipinski definition) is 5. The van der Waals surface area contributed by atoms with E-state index < -0.39 is 0 Å². The number of H-pyrrole nitrogens is 1. The first-order valence-electron chi connectivity index (χ1n) is 8.19. The van der Waals surface area contributed by atoms with Gasteiger partial charge >= 0.3 is 5.97 Å². The summed E-state index contributed by atoms with van der Waals surface area (Å²) in [6.07, 6.45) is 3.70. The highest BCUT2D eigenvalue weighted by Crippen LogP contribution is 2.58. The van der Waals surface area contributed by atoms with Gasteiger partial charge in [0.05, 0.1) is 12.6 Å². The van der Waals surface area contributed by atoms with E-state index in [9.17, 15) is 4.79 Å². The molecule has 1 saturated carbocycles. The summed E-state index contributed by atoms with van der Waals surface area (Å²) in [4.78, 5) is 15.1. The zero-order chi connectivity index (χ0) is 15.6. The Balaban J connectivity index is 1.41. The number of hydrogen-bond donors (Lipinski definition) is 1. The summed E-state index contributed by atoms with van der Waals surface area (Å²) in [6.45, 7) is 2.02. The van der Waals surface area contributed by atoms with Crippen molar-refractivity contribution in [3.05, 3.63) is 23.9 Å². The van der Waals surface area contributed by atoms with E-state index in [2.05, 4.69) is 15.1 Å². The van der Waals surface area contributed by atoms with Crippen molar-refractivity contribution in [3.63, 3.8) is 0 Å². The van der Waals surface area contributed by atoms with Crippen molar-refractivity contribution in [2.45, 2.75) is 30.9 Å². The molecule has 0 amide bonds. The van der Waals surface area contributed by atoms with Crippen molar-refractivity contribution in [1.29, 1.82) is 0 Å². The second-order valence-corrected chi connectivity index (χ2v) is 6.87. The molecule has 1 aromatic carbocycles. The fourth-order valence-corrected chi connectivity index (χ4v) is 4.64. The number of fused-ring (bicyclic) bond motifs is 1. The molecule has 3 fully saturated rings. The number of ether oxygens (including phenoxy) is 2. The van der Waals surface area contributed by atoms with Gasteiger partial charge in [0.1, 0.15) is 11.9 Å². The third-order valence-corrected chi connectivity index (χ3v) is 6.09. The number of methoxy groups -OCH3 is 1. The van der Waals surface area contributed by atoms with E-state index in [1.807, 2.05) is 18.2 Å². The van der Waals surface area contributed by atoms with Crippen LogP contribution in [0.3, 0.4) is 0 Å². The van der Waals surface area contributed by atoms with Crippen LogP contribution in [-0.2, 0) is 4.74 Å². The van der Waals surface area contributed by atoms with E-state index in [0.29, 0.717) is 22.9 Å². The number of carbonyl (C=O) groups is 1. The molecular formula is C17H19N3O3. The van der Waals surface area contributed by atoms with E-state index in [1.54, 1.807) is 7.11 Å². The number of esters is 1. The average Bonchev–Trinajstić information content (AvgIpc) is 2.97. The Morgan fingerprint density at radius 3 is 3.00 bits per heavy atom. The highest BCUT2D eigenvalue weighted by atomic mass is 16.5. The molecule has 0 radical (unpaired) electrons. The Kier molecular flexibility index (Phi) is 2.60. The van der Waals surface area contributed by atoms with Crippen molar-refractivity contribution >= 4 is 16.9 Å². The first-order valence-corrected chi connectivity index (χ1v) is 8.19. The van der Waals surface area contributed by atoms with Gasteiger partial charge in [-0.25, -0.2) is 4.79 Å². The van der Waals surface area contributed by atoms with Crippen LogP contribution >= 0.6 is 0 Å². The minimum absolute atomic E-state index is 0.0103. The van der Waals surface area contributed by atoms with Crippen molar-refractivity contribution in [2.75, 3.05) is 20.2 Å². The quantitative estimate of drug-likeness (QED) is 0.878. The summed E-state index contributed by atoms with van der Waals surface area (Å²) in [5, 5.41) is 7.80. The molecule has 2 aliphatic heterocycles. The van der Waals surface area contributed by atoms with Crippen molar-refractivity contribution in [2.24, 2.45) is 5.92 Å². The Bertz CT molecular complexity index is 797. The predicted molar refractivity (Wildman–Crippen MR) is 83.5 cm³/mol. The summed E-state index contributed by atoms with van der Waals surface area (Å²) >= 11 is 0. The molecule has 3 atom stereocenters. The fourth-order valence-electron chi connectivity index (χ4n) is 4.64. The summed E-state index contributed by atoms with van der Waals surface area (Å²) < 4.78 is 11.1. The number of carbonyl (C=O) groups excluding carboxylic acids is 1. The maximum Gasteiger partial charge on any atom is 0.359 e. The van der Waals surface area contributed by atoms with Crippen LogP contribution in [0.1, 0.15) is 29.8 Å². The smallest absolute Gasteiger partial charge is 0.359 e. The molecule has 1 N–H and O–H groups in total. The lowest BCUT2D eigenvalue weighted by molar-refractivity contribution is -0.0772. The maximum absolute atomic E-state index is 12.6. The monoisotopic (exact) mass is 313 g/mol. The highest BCUT2D eigenvalue weighted by Gasteiger charge is 2.64. The van der Waals surface area contributed by atoms with Gasteiger partial charge in [-0.2, -0.15) is 5.10 Å². The minimum atomic E-state index is -0.334. The molecule has 1 aliphatic carbocycles.